The molecule has 1 unspecified atom stereocenters. The zero-order valence-electron chi connectivity index (χ0n) is 15.0. The minimum Gasteiger partial charge on any atom is -0.360 e. The van der Waals surface area contributed by atoms with Crippen LogP contribution >= 0.6 is 28.1 Å². The molecule has 2 aromatic rings. The Labute approximate surface area is 171 Å². The highest BCUT2D eigenvalue weighted by molar-refractivity contribution is 9.10. The summed E-state index contributed by atoms with van der Waals surface area (Å²) in [6.07, 6.45) is 2.16. The molecule has 140 valence electrons. The molecular weight excluding hydrogens is 428 g/mol. The van der Waals surface area contributed by atoms with Crippen molar-refractivity contribution in [3.63, 3.8) is 0 Å². The Hall–Kier alpha value is -2.19. The molecule has 1 aromatic heterocycles. The number of nitrogens with one attached hydrogen (secondary N) is 2. The molecule has 8 heteroatoms. The first-order valence-corrected chi connectivity index (χ1v) is 9.95. The van der Waals surface area contributed by atoms with Gasteiger partial charge in [0.2, 0.25) is 0 Å². The van der Waals surface area contributed by atoms with Gasteiger partial charge in [-0.25, -0.2) is 0 Å². The van der Waals surface area contributed by atoms with Crippen LogP contribution in [0.4, 0.5) is 5.82 Å². The molecule has 0 spiro atoms. The lowest BCUT2D eigenvalue weighted by atomic mass is 9.94. The van der Waals surface area contributed by atoms with Gasteiger partial charge >= 0.3 is 0 Å². The summed E-state index contributed by atoms with van der Waals surface area (Å²) in [4.78, 5) is 15.3. The van der Waals surface area contributed by atoms with E-state index in [1.165, 1.54) is 0 Å². The Bertz CT molecular complexity index is 951. The van der Waals surface area contributed by atoms with Crippen LogP contribution in [0.25, 0.3) is 0 Å². The first kappa shape index (κ1) is 18.2. The van der Waals surface area contributed by atoms with Crippen molar-refractivity contribution in [3.05, 3.63) is 57.4 Å². The van der Waals surface area contributed by atoms with E-state index in [9.17, 15) is 4.79 Å². The third kappa shape index (κ3) is 3.51. The minimum absolute atomic E-state index is 0.220. The van der Waals surface area contributed by atoms with Crippen molar-refractivity contribution in [2.45, 2.75) is 38.8 Å². The first-order valence-electron chi connectivity index (χ1n) is 8.75. The number of halogens is 1. The number of aryl methyl sites for hydroxylation is 1. The Morgan fingerprint density at radius 2 is 2.11 bits per heavy atom. The van der Waals surface area contributed by atoms with Crippen LogP contribution in [0, 0.1) is 6.92 Å². The van der Waals surface area contributed by atoms with Gasteiger partial charge in [-0.1, -0.05) is 39.3 Å². The normalized spacial score (nSPS) is 19.9. The van der Waals surface area contributed by atoms with E-state index in [-0.39, 0.29) is 11.9 Å². The van der Waals surface area contributed by atoms with E-state index in [4.69, 9.17) is 16.7 Å². The molecule has 1 amide bonds. The number of anilines is 1. The molecule has 0 radical (unpaired) electrons. The molecule has 2 aliphatic rings. The molecule has 1 atom stereocenters. The van der Waals surface area contributed by atoms with E-state index in [0.29, 0.717) is 28.3 Å². The summed E-state index contributed by atoms with van der Waals surface area (Å²) >= 11 is 9.22. The van der Waals surface area contributed by atoms with Gasteiger partial charge in [-0.3, -0.25) is 4.79 Å². The number of amides is 1. The number of benzene rings is 1. The number of carbonyl (C=O) groups is 1. The van der Waals surface area contributed by atoms with Crippen LogP contribution in [0.3, 0.4) is 0 Å². The van der Waals surface area contributed by atoms with Crippen LogP contribution in [0.1, 0.15) is 37.1 Å². The first-order chi connectivity index (χ1) is 13.0. The number of nitrogens with zero attached hydrogens (tertiary/aromatic N) is 2. The molecule has 1 aromatic carbocycles. The van der Waals surface area contributed by atoms with Crippen molar-refractivity contribution in [2.24, 2.45) is 0 Å². The molecular formula is C19H19BrN4O2S. The predicted molar refractivity (Wildman–Crippen MR) is 110 cm³/mol. The summed E-state index contributed by atoms with van der Waals surface area (Å²) in [5.41, 5.74) is 2.46. The van der Waals surface area contributed by atoms with E-state index in [0.717, 1.165) is 28.6 Å². The van der Waals surface area contributed by atoms with Gasteiger partial charge in [0.15, 0.2) is 10.9 Å². The van der Waals surface area contributed by atoms with Crippen LogP contribution in [-0.2, 0) is 4.79 Å². The van der Waals surface area contributed by atoms with E-state index >= 15 is 0 Å². The van der Waals surface area contributed by atoms with Gasteiger partial charge in [0, 0.05) is 22.3 Å². The number of allylic oxidation sites excluding steroid dienone is 1. The van der Waals surface area contributed by atoms with E-state index < -0.39 is 0 Å². The summed E-state index contributed by atoms with van der Waals surface area (Å²) in [7, 11) is 0. The van der Waals surface area contributed by atoms with Gasteiger partial charge in [0.1, 0.15) is 5.76 Å². The molecule has 2 N–H and O–H groups in total. The molecule has 4 rings (SSSR count). The average molecular weight is 447 g/mol. The van der Waals surface area contributed by atoms with Gasteiger partial charge in [0.05, 0.1) is 11.6 Å². The summed E-state index contributed by atoms with van der Waals surface area (Å²) < 4.78 is 5.98. The standard InChI is InChI=1S/C19H19BrN4O2S/c1-10-9-15(23-26-10)21-18(25)16-11(2)24(12-7-8-12)19(27)22-17(16)13-5-3-4-6-14(13)20/h3-6,9,12,17H,7-8H2,1-2H3,(H,22,27)(H,21,23,25). The van der Waals surface area contributed by atoms with E-state index in [1.807, 2.05) is 31.2 Å². The second kappa shape index (κ2) is 7.09. The summed E-state index contributed by atoms with van der Waals surface area (Å²) in [6.45, 7) is 3.74. The highest BCUT2D eigenvalue weighted by atomic mass is 79.9. The fraction of sp³-hybridized carbons (Fsp3) is 0.316. The number of thiocarbonyl (C=S) groups is 1. The van der Waals surface area contributed by atoms with Crippen molar-refractivity contribution in [3.8, 4) is 0 Å². The van der Waals surface area contributed by atoms with Crippen molar-refractivity contribution in [2.75, 3.05) is 5.32 Å². The fourth-order valence-electron chi connectivity index (χ4n) is 3.38. The Kier molecular flexibility index (Phi) is 4.77. The fourth-order valence-corrected chi connectivity index (χ4v) is 4.29. The Balaban J connectivity index is 1.76. The molecule has 1 fully saturated rings. The third-order valence-electron chi connectivity index (χ3n) is 4.77. The van der Waals surface area contributed by atoms with Crippen LogP contribution in [0.5, 0.6) is 0 Å². The molecule has 0 saturated heterocycles. The lowest BCUT2D eigenvalue weighted by Gasteiger charge is -2.38. The van der Waals surface area contributed by atoms with Gasteiger partial charge in [-0.05, 0) is 50.5 Å². The van der Waals surface area contributed by atoms with Crippen molar-refractivity contribution < 1.29 is 9.32 Å². The van der Waals surface area contributed by atoms with Gasteiger partial charge in [-0.2, -0.15) is 0 Å². The molecule has 1 saturated carbocycles. The number of hydrogen-bond donors (Lipinski definition) is 2. The van der Waals surface area contributed by atoms with Crippen LogP contribution < -0.4 is 10.6 Å². The maximum absolute atomic E-state index is 13.2. The zero-order valence-corrected chi connectivity index (χ0v) is 17.4. The number of hydrogen-bond acceptors (Lipinski definition) is 4. The number of carbonyl (C=O) groups excluding carboxylic acids is 1. The average Bonchev–Trinajstić information content (AvgIpc) is 3.36. The van der Waals surface area contributed by atoms with Crippen molar-refractivity contribution in [1.82, 2.24) is 15.4 Å². The minimum atomic E-state index is -0.351. The van der Waals surface area contributed by atoms with Crippen LogP contribution in [0.2, 0.25) is 0 Å². The molecule has 6 nitrogen and oxygen atoms in total. The van der Waals surface area contributed by atoms with E-state index in [1.54, 1.807) is 13.0 Å². The van der Waals surface area contributed by atoms with Crippen molar-refractivity contribution >= 4 is 45.0 Å². The second-order valence-corrected chi connectivity index (χ2v) is 8.02. The smallest absolute Gasteiger partial charge is 0.257 e. The molecule has 27 heavy (non-hydrogen) atoms. The zero-order chi connectivity index (χ0) is 19.1. The quantitative estimate of drug-likeness (QED) is 0.690. The maximum Gasteiger partial charge on any atom is 0.257 e. The predicted octanol–water partition coefficient (Wildman–Crippen LogP) is 4.05. The van der Waals surface area contributed by atoms with Crippen LogP contribution in [0.15, 0.2) is 50.6 Å². The lowest BCUT2D eigenvalue weighted by Crippen LogP contribution is -2.49. The van der Waals surface area contributed by atoms with E-state index in [2.05, 4.69) is 36.6 Å². The maximum atomic E-state index is 13.2. The van der Waals surface area contributed by atoms with Crippen LogP contribution in [-0.4, -0.2) is 27.1 Å². The number of aromatic nitrogens is 1. The third-order valence-corrected chi connectivity index (χ3v) is 5.81. The summed E-state index contributed by atoms with van der Waals surface area (Å²) in [6, 6.07) is 9.54. The lowest BCUT2D eigenvalue weighted by molar-refractivity contribution is -0.113. The SMILES string of the molecule is CC1=C(C(=O)Nc2cc(C)on2)C(c2ccccc2Br)NC(=S)N1C1CC1. The van der Waals surface area contributed by atoms with Crippen molar-refractivity contribution in [1.29, 1.82) is 0 Å². The van der Waals surface area contributed by atoms with Gasteiger partial charge in [-0.15, -0.1) is 0 Å². The number of rotatable bonds is 4. The van der Waals surface area contributed by atoms with Gasteiger partial charge < -0.3 is 20.1 Å². The van der Waals surface area contributed by atoms with Gasteiger partial charge in [0.25, 0.3) is 5.91 Å². The topological polar surface area (TPSA) is 70.4 Å². The highest BCUT2D eigenvalue weighted by Gasteiger charge is 2.40. The highest BCUT2D eigenvalue weighted by Crippen LogP contribution is 2.39. The second-order valence-electron chi connectivity index (χ2n) is 6.78. The molecule has 0 bridgehead atoms. The monoisotopic (exact) mass is 446 g/mol. The summed E-state index contributed by atoms with van der Waals surface area (Å²) in [5, 5.41) is 10.7. The summed E-state index contributed by atoms with van der Waals surface area (Å²) in [5.74, 6) is 0.818. The Morgan fingerprint density at radius 1 is 1.37 bits per heavy atom. The molecule has 1 aliphatic heterocycles. The largest absolute Gasteiger partial charge is 0.360 e. The Morgan fingerprint density at radius 3 is 2.74 bits per heavy atom. The molecule has 1 aliphatic carbocycles. The molecule has 2 heterocycles.